The highest BCUT2D eigenvalue weighted by atomic mass is 15.1. The summed E-state index contributed by atoms with van der Waals surface area (Å²) in [6, 6.07) is 68.8. The molecule has 0 aliphatic carbocycles. The third-order valence-corrected chi connectivity index (χ3v) is 10.2. The Kier molecular flexibility index (Phi) is 6.25. The Hall–Kier alpha value is -6.44. The first-order valence-electron chi connectivity index (χ1n) is 16.9. The first-order valence-corrected chi connectivity index (χ1v) is 16.9. The van der Waals surface area contributed by atoms with Crippen molar-refractivity contribution in [2.45, 2.75) is 0 Å². The number of para-hydroxylation sites is 2. The van der Waals surface area contributed by atoms with E-state index in [1.165, 1.54) is 88.2 Å². The van der Waals surface area contributed by atoms with Crippen LogP contribution in [0.2, 0.25) is 0 Å². The zero-order valence-corrected chi connectivity index (χ0v) is 26.8. The zero-order valence-electron chi connectivity index (χ0n) is 26.8. The standard InChI is InChI=1S/C48H31N/c1-2-13-35(14-3-1)49-46-24-11-10-20-42(46)38-16-5-6-17-39(38)43-30-29-34(31-47(43)49)32-25-27-33(28-26-32)36-22-12-23-45-41-18-7-4-15-37(41)40-19-8-9-21-44(40)48(36)45/h1-31H. The lowest BCUT2D eigenvalue weighted by Crippen LogP contribution is -2.10. The molecule has 1 nitrogen and oxygen atoms in total. The molecule has 1 aliphatic rings. The summed E-state index contributed by atoms with van der Waals surface area (Å²) >= 11 is 0. The minimum atomic E-state index is 1.15. The van der Waals surface area contributed by atoms with Crippen molar-refractivity contribution in [3.8, 4) is 44.5 Å². The van der Waals surface area contributed by atoms with E-state index < -0.39 is 0 Å². The van der Waals surface area contributed by atoms with Crippen LogP contribution in [0.4, 0.5) is 17.1 Å². The zero-order chi connectivity index (χ0) is 32.3. The van der Waals surface area contributed by atoms with Gasteiger partial charge in [-0.3, -0.25) is 0 Å². The summed E-state index contributed by atoms with van der Waals surface area (Å²) < 4.78 is 0. The monoisotopic (exact) mass is 621 g/mol. The van der Waals surface area contributed by atoms with Crippen LogP contribution in [-0.2, 0) is 0 Å². The molecule has 0 saturated heterocycles. The summed E-state index contributed by atoms with van der Waals surface area (Å²) in [6.45, 7) is 0. The summed E-state index contributed by atoms with van der Waals surface area (Å²) in [5, 5.41) is 7.80. The van der Waals surface area contributed by atoms with Crippen LogP contribution in [0.15, 0.2) is 188 Å². The highest BCUT2D eigenvalue weighted by molar-refractivity contribution is 6.28. The van der Waals surface area contributed by atoms with Crippen LogP contribution in [0, 0.1) is 0 Å². The highest BCUT2D eigenvalue weighted by Crippen LogP contribution is 2.51. The van der Waals surface area contributed by atoms with E-state index in [1.54, 1.807) is 0 Å². The van der Waals surface area contributed by atoms with Crippen molar-refractivity contribution < 1.29 is 0 Å². The van der Waals surface area contributed by atoms with Gasteiger partial charge >= 0.3 is 0 Å². The van der Waals surface area contributed by atoms with Gasteiger partial charge < -0.3 is 4.90 Å². The van der Waals surface area contributed by atoms with Gasteiger partial charge in [-0.25, -0.2) is 0 Å². The molecule has 228 valence electrons. The maximum atomic E-state index is 2.42. The number of nitrogens with zero attached hydrogens (tertiary/aromatic N) is 1. The summed E-state index contributed by atoms with van der Waals surface area (Å²) in [5.41, 5.74) is 13.3. The Balaban J connectivity index is 1.14. The van der Waals surface area contributed by atoms with Crippen molar-refractivity contribution >= 4 is 49.4 Å². The van der Waals surface area contributed by atoms with Crippen LogP contribution in [0.5, 0.6) is 0 Å². The Morgan fingerprint density at radius 2 is 0.735 bits per heavy atom. The minimum absolute atomic E-state index is 1.15. The summed E-state index contributed by atoms with van der Waals surface area (Å²) in [5.74, 6) is 0. The van der Waals surface area contributed by atoms with Crippen LogP contribution in [-0.4, -0.2) is 0 Å². The molecule has 0 spiro atoms. The largest absolute Gasteiger partial charge is 0.309 e. The van der Waals surface area contributed by atoms with Gasteiger partial charge in [0, 0.05) is 16.8 Å². The van der Waals surface area contributed by atoms with E-state index in [-0.39, 0.29) is 0 Å². The lowest BCUT2D eigenvalue weighted by molar-refractivity contribution is 1.29. The molecule has 9 aromatic carbocycles. The average molecular weight is 622 g/mol. The number of rotatable bonds is 3. The number of benzene rings is 9. The van der Waals surface area contributed by atoms with Gasteiger partial charge in [-0.15, -0.1) is 0 Å². The van der Waals surface area contributed by atoms with Crippen molar-refractivity contribution in [1.82, 2.24) is 0 Å². The molecule has 10 rings (SSSR count). The maximum Gasteiger partial charge on any atom is 0.0546 e. The third-order valence-electron chi connectivity index (χ3n) is 10.2. The fourth-order valence-corrected chi connectivity index (χ4v) is 8.00. The fourth-order valence-electron chi connectivity index (χ4n) is 8.00. The molecule has 0 N–H and O–H groups in total. The van der Waals surface area contributed by atoms with Crippen LogP contribution in [0.3, 0.4) is 0 Å². The Morgan fingerprint density at radius 3 is 1.43 bits per heavy atom. The molecule has 0 amide bonds. The Labute approximate surface area is 286 Å². The SMILES string of the molecule is c1ccc(N2c3ccccc3-c3ccccc3-c3ccc(-c4ccc(-c5cccc6c7ccccc7c7ccccc7c56)cc4)cc32)cc1. The molecule has 1 heteroatoms. The van der Waals surface area contributed by atoms with E-state index in [0.29, 0.717) is 0 Å². The molecule has 0 atom stereocenters. The molecule has 1 aliphatic heterocycles. The molecule has 0 fully saturated rings. The van der Waals surface area contributed by atoms with E-state index in [0.717, 1.165) is 5.69 Å². The van der Waals surface area contributed by atoms with Gasteiger partial charge in [-0.1, -0.05) is 164 Å². The van der Waals surface area contributed by atoms with Crippen molar-refractivity contribution in [2.75, 3.05) is 4.90 Å². The quantitative estimate of drug-likeness (QED) is 0.177. The van der Waals surface area contributed by atoms with Crippen molar-refractivity contribution in [2.24, 2.45) is 0 Å². The molecular weight excluding hydrogens is 591 g/mol. The van der Waals surface area contributed by atoms with Gasteiger partial charge in [-0.05, 0) is 90.0 Å². The summed E-state index contributed by atoms with van der Waals surface area (Å²) in [4.78, 5) is 2.42. The fraction of sp³-hybridized carbons (Fsp3) is 0. The predicted octanol–water partition coefficient (Wildman–Crippen LogP) is 13.6. The van der Waals surface area contributed by atoms with Gasteiger partial charge in [0.05, 0.1) is 11.4 Å². The molecular formula is C48H31N. The van der Waals surface area contributed by atoms with E-state index in [9.17, 15) is 0 Å². The number of anilines is 3. The van der Waals surface area contributed by atoms with E-state index in [1.807, 2.05) is 0 Å². The smallest absolute Gasteiger partial charge is 0.0546 e. The topological polar surface area (TPSA) is 3.24 Å². The summed E-state index contributed by atoms with van der Waals surface area (Å²) in [7, 11) is 0. The maximum absolute atomic E-state index is 2.42. The van der Waals surface area contributed by atoms with Gasteiger partial charge in [0.2, 0.25) is 0 Å². The molecule has 1 heterocycles. The van der Waals surface area contributed by atoms with Gasteiger partial charge in [0.1, 0.15) is 0 Å². The minimum Gasteiger partial charge on any atom is -0.309 e. The average Bonchev–Trinajstić information content (AvgIpc) is 3.30. The second-order valence-electron chi connectivity index (χ2n) is 12.9. The van der Waals surface area contributed by atoms with E-state index in [2.05, 4.69) is 193 Å². The van der Waals surface area contributed by atoms with Crippen LogP contribution < -0.4 is 4.90 Å². The van der Waals surface area contributed by atoms with Gasteiger partial charge in [0.25, 0.3) is 0 Å². The Bertz CT molecular complexity index is 2660. The molecule has 0 bridgehead atoms. The molecule has 0 aromatic heterocycles. The van der Waals surface area contributed by atoms with Gasteiger partial charge in [-0.2, -0.15) is 0 Å². The Morgan fingerprint density at radius 1 is 0.265 bits per heavy atom. The molecule has 0 saturated carbocycles. The van der Waals surface area contributed by atoms with E-state index in [4.69, 9.17) is 0 Å². The first-order chi connectivity index (χ1) is 24.3. The van der Waals surface area contributed by atoms with Crippen LogP contribution >= 0.6 is 0 Å². The second-order valence-corrected chi connectivity index (χ2v) is 12.9. The van der Waals surface area contributed by atoms with Crippen molar-refractivity contribution in [1.29, 1.82) is 0 Å². The predicted molar refractivity (Wildman–Crippen MR) is 209 cm³/mol. The number of hydrogen-bond donors (Lipinski definition) is 0. The van der Waals surface area contributed by atoms with Crippen molar-refractivity contribution in [3.63, 3.8) is 0 Å². The van der Waals surface area contributed by atoms with Crippen LogP contribution in [0.25, 0.3) is 76.8 Å². The second kappa shape index (κ2) is 11.1. The lowest BCUT2D eigenvalue weighted by Gasteiger charge is -2.27. The van der Waals surface area contributed by atoms with Crippen LogP contribution in [0.1, 0.15) is 0 Å². The molecule has 0 unspecified atom stereocenters. The highest BCUT2D eigenvalue weighted by Gasteiger charge is 2.26. The van der Waals surface area contributed by atoms with E-state index >= 15 is 0 Å². The summed E-state index contributed by atoms with van der Waals surface area (Å²) in [6.07, 6.45) is 0. The lowest BCUT2D eigenvalue weighted by atomic mass is 9.89. The third kappa shape index (κ3) is 4.33. The number of fused-ring (bicyclic) bond motifs is 11. The molecule has 49 heavy (non-hydrogen) atoms. The number of hydrogen-bond acceptors (Lipinski definition) is 1. The van der Waals surface area contributed by atoms with Gasteiger partial charge in [0.15, 0.2) is 0 Å². The normalized spacial score (nSPS) is 12.0. The first kappa shape index (κ1) is 27.7. The molecule has 0 radical (unpaired) electrons. The molecule has 9 aromatic rings. The van der Waals surface area contributed by atoms with Crippen molar-refractivity contribution in [3.05, 3.63) is 188 Å².